The number of halogens is 1. The Morgan fingerprint density at radius 1 is 1.14 bits per heavy atom. The molecule has 0 N–H and O–H groups in total. The highest BCUT2D eigenvalue weighted by molar-refractivity contribution is 6.19. The molecule has 0 saturated heterocycles. The highest BCUT2D eigenvalue weighted by atomic mass is 35.5. The molecule has 3 heteroatoms. The van der Waals surface area contributed by atoms with Crippen molar-refractivity contribution >= 4 is 22.4 Å². The lowest BCUT2D eigenvalue weighted by atomic mass is 10.0. The third kappa shape index (κ3) is 4.28. The van der Waals surface area contributed by atoms with Crippen LogP contribution < -0.4 is 9.47 Å². The SMILES string of the molecule is CCCCCOc1ccc2cc(OC(C)Cl)ccc2c1C. The number of hydrogen-bond donors (Lipinski definition) is 0. The van der Waals surface area contributed by atoms with E-state index in [1.165, 1.54) is 23.8 Å². The summed E-state index contributed by atoms with van der Waals surface area (Å²) in [5, 5.41) is 2.33. The highest BCUT2D eigenvalue weighted by Crippen LogP contribution is 2.30. The standard InChI is InChI=1S/C18H23ClO2/c1-4-5-6-11-20-18-10-7-15-12-16(21-14(3)19)8-9-17(15)13(18)2/h7-10,12,14H,4-6,11H2,1-3H3. The molecule has 0 aliphatic heterocycles. The Morgan fingerprint density at radius 2 is 1.95 bits per heavy atom. The quantitative estimate of drug-likeness (QED) is 0.484. The van der Waals surface area contributed by atoms with Crippen LogP contribution in [0.25, 0.3) is 10.8 Å². The molecular weight excluding hydrogens is 284 g/mol. The largest absolute Gasteiger partial charge is 0.493 e. The summed E-state index contributed by atoms with van der Waals surface area (Å²) in [6.45, 7) is 6.89. The van der Waals surface area contributed by atoms with Crippen molar-refractivity contribution in [3.05, 3.63) is 35.9 Å². The monoisotopic (exact) mass is 306 g/mol. The Morgan fingerprint density at radius 3 is 2.67 bits per heavy atom. The Bertz CT molecular complexity index is 593. The average molecular weight is 307 g/mol. The maximum absolute atomic E-state index is 5.89. The molecule has 0 radical (unpaired) electrons. The lowest BCUT2D eigenvalue weighted by Gasteiger charge is -2.13. The van der Waals surface area contributed by atoms with Gasteiger partial charge >= 0.3 is 0 Å². The van der Waals surface area contributed by atoms with E-state index < -0.39 is 0 Å². The molecule has 1 unspecified atom stereocenters. The lowest BCUT2D eigenvalue weighted by molar-refractivity contribution is 0.301. The maximum Gasteiger partial charge on any atom is 0.169 e. The van der Waals surface area contributed by atoms with Crippen LogP contribution in [0.15, 0.2) is 30.3 Å². The van der Waals surface area contributed by atoms with Gasteiger partial charge in [-0.15, -0.1) is 0 Å². The van der Waals surface area contributed by atoms with Crippen LogP contribution >= 0.6 is 11.6 Å². The van der Waals surface area contributed by atoms with Crippen LogP contribution in [0.3, 0.4) is 0 Å². The van der Waals surface area contributed by atoms with E-state index in [2.05, 4.69) is 26.0 Å². The van der Waals surface area contributed by atoms with Crippen LogP contribution in [0.4, 0.5) is 0 Å². The molecule has 0 bridgehead atoms. The number of rotatable bonds is 7. The van der Waals surface area contributed by atoms with E-state index >= 15 is 0 Å². The van der Waals surface area contributed by atoms with Crippen molar-refractivity contribution in [2.45, 2.75) is 45.6 Å². The van der Waals surface area contributed by atoms with Crippen molar-refractivity contribution < 1.29 is 9.47 Å². The lowest BCUT2D eigenvalue weighted by Crippen LogP contribution is -2.02. The summed E-state index contributed by atoms with van der Waals surface area (Å²) in [4.78, 5) is 0. The average Bonchev–Trinajstić information content (AvgIpc) is 2.45. The van der Waals surface area contributed by atoms with Gasteiger partial charge in [0.05, 0.1) is 6.61 Å². The molecule has 114 valence electrons. The van der Waals surface area contributed by atoms with Crippen LogP contribution in [0.2, 0.25) is 0 Å². The van der Waals surface area contributed by atoms with Gasteiger partial charge in [-0.05, 0) is 54.8 Å². The number of alkyl halides is 1. The van der Waals surface area contributed by atoms with E-state index in [4.69, 9.17) is 21.1 Å². The van der Waals surface area contributed by atoms with Gasteiger partial charge in [0, 0.05) is 0 Å². The predicted octanol–water partition coefficient (Wildman–Crippen LogP) is 5.68. The van der Waals surface area contributed by atoms with E-state index in [0.29, 0.717) is 0 Å². The van der Waals surface area contributed by atoms with Gasteiger partial charge in [0.25, 0.3) is 0 Å². The van der Waals surface area contributed by atoms with Crippen molar-refractivity contribution in [2.24, 2.45) is 0 Å². The third-order valence-electron chi connectivity index (χ3n) is 3.51. The van der Waals surface area contributed by atoms with Gasteiger partial charge in [-0.1, -0.05) is 43.5 Å². The molecule has 1 atom stereocenters. The first-order chi connectivity index (χ1) is 10.1. The molecule has 2 rings (SSSR count). The zero-order valence-corrected chi connectivity index (χ0v) is 13.7. The van der Waals surface area contributed by atoms with Gasteiger partial charge in [0.1, 0.15) is 11.5 Å². The summed E-state index contributed by atoms with van der Waals surface area (Å²) in [6.07, 6.45) is 3.53. The van der Waals surface area contributed by atoms with E-state index in [0.717, 1.165) is 29.9 Å². The van der Waals surface area contributed by atoms with Crippen LogP contribution in [-0.2, 0) is 0 Å². The minimum Gasteiger partial charge on any atom is -0.493 e. The molecular formula is C18H23ClO2. The van der Waals surface area contributed by atoms with Gasteiger partial charge in [-0.2, -0.15) is 0 Å². The predicted molar refractivity (Wildman–Crippen MR) is 89.6 cm³/mol. The molecule has 0 aromatic heterocycles. The molecule has 0 heterocycles. The minimum absolute atomic E-state index is 0.329. The maximum atomic E-state index is 5.89. The van der Waals surface area contributed by atoms with Crippen LogP contribution in [-0.4, -0.2) is 12.2 Å². The van der Waals surface area contributed by atoms with E-state index in [1.807, 2.05) is 25.1 Å². The van der Waals surface area contributed by atoms with Crippen molar-refractivity contribution in [3.63, 3.8) is 0 Å². The van der Waals surface area contributed by atoms with E-state index in [-0.39, 0.29) is 5.56 Å². The van der Waals surface area contributed by atoms with Crippen molar-refractivity contribution in [3.8, 4) is 11.5 Å². The fourth-order valence-corrected chi connectivity index (χ4v) is 2.50. The molecule has 0 fully saturated rings. The molecule has 2 nitrogen and oxygen atoms in total. The smallest absolute Gasteiger partial charge is 0.169 e. The summed E-state index contributed by atoms with van der Waals surface area (Å²) < 4.78 is 11.4. The Hall–Kier alpha value is -1.41. The van der Waals surface area contributed by atoms with Gasteiger partial charge in [-0.25, -0.2) is 0 Å². The van der Waals surface area contributed by atoms with Crippen molar-refractivity contribution in [1.82, 2.24) is 0 Å². The fourth-order valence-electron chi connectivity index (χ4n) is 2.39. The zero-order valence-electron chi connectivity index (χ0n) is 13.0. The first kappa shape index (κ1) is 16.0. The molecule has 0 aliphatic rings. The van der Waals surface area contributed by atoms with Crippen molar-refractivity contribution in [1.29, 1.82) is 0 Å². The van der Waals surface area contributed by atoms with Gasteiger partial charge in [-0.3, -0.25) is 0 Å². The second-order valence-electron chi connectivity index (χ2n) is 5.29. The Balaban J connectivity index is 2.18. The molecule has 2 aromatic carbocycles. The first-order valence-corrected chi connectivity index (χ1v) is 8.02. The number of hydrogen-bond acceptors (Lipinski definition) is 2. The Labute approximate surface area is 132 Å². The van der Waals surface area contributed by atoms with Gasteiger partial charge in [0.15, 0.2) is 5.56 Å². The zero-order chi connectivity index (χ0) is 15.2. The van der Waals surface area contributed by atoms with Crippen molar-refractivity contribution in [2.75, 3.05) is 6.61 Å². The number of ether oxygens (including phenoxy) is 2. The summed E-state index contributed by atoms with van der Waals surface area (Å²) >= 11 is 5.86. The number of unbranched alkanes of at least 4 members (excludes halogenated alkanes) is 2. The minimum atomic E-state index is -0.329. The number of benzene rings is 2. The summed E-state index contributed by atoms with van der Waals surface area (Å²) in [5.74, 6) is 1.76. The second kappa shape index (κ2) is 7.56. The molecule has 0 spiro atoms. The van der Waals surface area contributed by atoms with E-state index in [9.17, 15) is 0 Å². The summed E-state index contributed by atoms with van der Waals surface area (Å²) in [5.41, 5.74) is 0.846. The highest BCUT2D eigenvalue weighted by Gasteiger charge is 2.07. The molecule has 21 heavy (non-hydrogen) atoms. The second-order valence-corrected chi connectivity index (χ2v) is 5.90. The van der Waals surface area contributed by atoms with Gasteiger partial charge in [0.2, 0.25) is 0 Å². The normalized spacial score (nSPS) is 12.4. The Kier molecular flexibility index (Phi) is 5.75. The fraction of sp³-hybridized carbons (Fsp3) is 0.444. The summed E-state index contributed by atoms with van der Waals surface area (Å²) in [7, 11) is 0. The third-order valence-corrected chi connectivity index (χ3v) is 3.60. The van der Waals surface area contributed by atoms with Crippen LogP contribution in [0, 0.1) is 6.92 Å². The molecule has 0 amide bonds. The van der Waals surface area contributed by atoms with E-state index in [1.54, 1.807) is 0 Å². The molecule has 2 aromatic rings. The number of aryl methyl sites for hydroxylation is 1. The topological polar surface area (TPSA) is 18.5 Å². The number of fused-ring (bicyclic) bond motifs is 1. The van der Waals surface area contributed by atoms with Crippen LogP contribution in [0.1, 0.15) is 38.7 Å². The summed E-state index contributed by atoms with van der Waals surface area (Å²) in [6, 6.07) is 10.1. The van der Waals surface area contributed by atoms with Crippen LogP contribution in [0.5, 0.6) is 11.5 Å². The molecule has 0 saturated carbocycles. The first-order valence-electron chi connectivity index (χ1n) is 7.58. The molecule has 0 aliphatic carbocycles. The van der Waals surface area contributed by atoms with Gasteiger partial charge < -0.3 is 9.47 Å².